The Kier molecular flexibility index (Phi) is 2.90. The number of nitrogens with zero attached hydrogens (tertiary/aromatic N) is 1. The Hall–Kier alpha value is -2.82. The third kappa shape index (κ3) is 1.78. The minimum Gasteiger partial charge on any atom is -0.497 e. The zero-order chi connectivity index (χ0) is 15.0. The van der Waals surface area contributed by atoms with Crippen molar-refractivity contribution in [2.24, 2.45) is 0 Å². The number of rotatable bonds is 4. The molecule has 0 saturated heterocycles. The number of carboxylic acid groups (broad SMARTS) is 1. The second-order valence-corrected chi connectivity index (χ2v) is 4.79. The van der Waals surface area contributed by atoms with Gasteiger partial charge < -0.3 is 14.4 Å². The summed E-state index contributed by atoms with van der Waals surface area (Å²) in [5.74, 6) is -1.04. The zero-order valence-corrected chi connectivity index (χ0v) is 11.3. The number of aromatic nitrogens is 1. The highest BCUT2D eigenvalue weighted by atomic mass is 16.5. The number of methoxy groups -OCH3 is 1. The molecule has 1 aliphatic heterocycles. The fourth-order valence-corrected chi connectivity index (χ4v) is 2.58. The van der Waals surface area contributed by atoms with Crippen LogP contribution in [0, 0.1) is 0 Å². The molecule has 1 aromatic heterocycles. The van der Waals surface area contributed by atoms with E-state index in [4.69, 9.17) is 4.74 Å². The first kappa shape index (κ1) is 13.2. The van der Waals surface area contributed by atoms with Crippen molar-refractivity contribution in [1.82, 2.24) is 4.57 Å². The van der Waals surface area contributed by atoms with Crippen molar-refractivity contribution in [3.63, 3.8) is 0 Å². The fraction of sp³-hybridized carbons (Fsp3) is 0.125. The second kappa shape index (κ2) is 4.63. The highest BCUT2D eigenvalue weighted by Crippen LogP contribution is 2.36. The first-order valence-corrected chi connectivity index (χ1v) is 6.38. The monoisotopic (exact) mass is 283 g/mol. The van der Waals surface area contributed by atoms with Gasteiger partial charge >= 0.3 is 5.97 Å². The Labute approximate surface area is 121 Å². The summed E-state index contributed by atoms with van der Waals surface area (Å²) in [5, 5.41) is 9.65. The van der Waals surface area contributed by atoms with Crippen molar-refractivity contribution in [1.29, 1.82) is 0 Å². The highest BCUT2D eigenvalue weighted by Gasteiger charge is 2.50. The molecule has 2 heterocycles. The lowest BCUT2D eigenvalue weighted by molar-refractivity contribution is -0.140. The van der Waals surface area contributed by atoms with Crippen LogP contribution in [0.1, 0.15) is 16.1 Å². The Bertz CT molecular complexity index is 742. The normalized spacial score (nSPS) is 19.3. The van der Waals surface area contributed by atoms with Crippen LogP contribution in [0.2, 0.25) is 0 Å². The molecule has 1 aliphatic rings. The van der Waals surface area contributed by atoms with E-state index >= 15 is 0 Å². The summed E-state index contributed by atoms with van der Waals surface area (Å²) in [7, 11) is 1.53. The molecule has 5 heteroatoms. The lowest BCUT2D eigenvalue weighted by Crippen LogP contribution is -2.41. The maximum Gasteiger partial charge on any atom is 0.327 e. The van der Waals surface area contributed by atoms with E-state index in [-0.39, 0.29) is 0 Å². The van der Waals surface area contributed by atoms with E-state index in [1.54, 1.807) is 53.4 Å². The fourth-order valence-electron chi connectivity index (χ4n) is 2.58. The first-order chi connectivity index (χ1) is 10.1. The van der Waals surface area contributed by atoms with Gasteiger partial charge in [0.1, 0.15) is 5.75 Å². The van der Waals surface area contributed by atoms with Crippen molar-refractivity contribution < 1.29 is 19.4 Å². The smallest absolute Gasteiger partial charge is 0.327 e. The first-order valence-electron chi connectivity index (χ1n) is 6.38. The SMILES string of the molecule is COc1ccc(C(=O)C2(C(=O)O)C=Cn3cccc32)cc1. The van der Waals surface area contributed by atoms with Gasteiger partial charge in [-0.1, -0.05) is 0 Å². The van der Waals surface area contributed by atoms with E-state index in [1.807, 2.05) is 0 Å². The molecule has 0 aliphatic carbocycles. The van der Waals surface area contributed by atoms with Crippen LogP contribution in [0.25, 0.3) is 6.20 Å². The Morgan fingerprint density at radius 3 is 2.52 bits per heavy atom. The number of Topliss-reactive ketones (excluding diaryl/α,β-unsaturated/α-hetero) is 1. The largest absolute Gasteiger partial charge is 0.497 e. The Morgan fingerprint density at radius 2 is 1.90 bits per heavy atom. The second-order valence-electron chi connectivity index (χ2n) is 4.79. The van der Waals surface area contributed by atoms with Gasteiger partial charge in [0.2, 0.25) is 0 Å². The molecule has 106 valence electrons. The number of hydrogen-bond acceptors (Lipinski definition) is 3. The number of ether oxygens (including phenoxy) is 1. The molecular formula is C16H13NO4. The molecule has 0 fully saturated rings. The summed E-state index contributed by atoms with van der Waals surface area (Å²) >= 11 is 0. The van der Waals surface area contributed by atoms with Crippen LogP contribution in [0.3, 0.4) is 0 Å². The average Bonchev–Trinajstić information content (AvgIpc) is 3.08. The molecular weight excluding hydrogens is 270 g/mol. The van der Waals surface area contributed by atoms with Crippen LogP contribution >= 0.6 is 0 Å². The summed E-state index contributed by atoms with van der Waals surface area (Å²) in [6, 6.07) is 9.80. The minimum absolute atomic E-state index is 0.331. The molecule has 1 N–H and O–H groups in total. The average molecular weight is 283 g/mol. The molecule has 5 nitrogen and oxygen atoms in total. The molecule has 0 bridgehead atoms. The molecule has 2 aromatic rings. The third-order valence-electron chi connectivity index (χ3n) is 3.72. The van der Waals surface area contributed by atoms with Crippen LogP contribution in [0.15, 0.2) is 48.7 Å². The maximum atomic E-state index is 12.8. The predicted molar refractivity (Wildman–Crippen MR) is 76.4 cm³/mol. The number of carbonyl (C=O) groups is 2. The maximum absolute atomic E-state index is 12.8. The molecule has 1 aromatic carbocycles. The standard InChI is InChI=1S/C16H13NO4/c1-21-12-6-4-11(5-7-12)14(18)16(15(19)20)8-10-17-9-2-3-13(16)17/h2-10H,1H3,(H,19,20). The van der Waals surface area contributed by atoms with E-state index < -0.39 is 17.2 Å². The van der Waals surface area contributed by atoms with Crippen LogP contribution < -0.4 is 4.74 Å². The summed E-state index contributed by atoms with van der Waals surface area (Å²) < 4.78 is 6.69. The summed E-state index contributed by atoms with van der Waals surface area (Å²) in [5.41, 5.74) is -0.897. The summed E-state index contributed by atoms with van der Waals surface area (Å²) in [6.45, 7) is 0. The third-order valence-corrected chi connectivity index (χ3v) is 3.72. The Morgan fingerprint density at radius 1 is 1.19 bits per heavy atom. The van der Waals surface area contributed by atoms with Crippen molar-refractivity contribution in [2.75, 3.05) is 7.11 Å². The number of benzene rings is 1. The van der Waals surface area contributed by atoms with E-state index in [0.29, 0.717) is 17.0 Å². The summed E-state index contributed by atoms with van der Waals surface area (Å²) in [4.78, 5) is 24.6. The van der Waals surface area contributed by atoms with Gasteiger partial charge in [0, 0.05) is 18.0 Å². The number of fused-ring (bicyclic) bond motifs is 1. The molecule has 3 rings (SSSR count). The van der Waals surface area contributed by atoms with Gasteiger partial charge in [0.25, 0.3) is 0 Å². The van der Waals surface area contributed by atoms with E-state index in [9.17, 15) is 14.7 Å². The molecule has 21 heavy (non-hydrogen) atoms. The number of carbonyl (C=O) groups excluding carboxylic acids is 1. The van der Waals surface area contributed by atoms with Crippen molar-refractivity contribution in [2.45, 2.75) is 5.41 Å². The van der Waals surface area contributed by atoms with Crippen LogP contribution in [0.5, 0.6) is 5.75 Å². The van der Waals surface area contributed by atoms with E-state index in [2.05, 4.69) is 0 Å². The molecule has 0 saturated carbocycles. The number of aliphatic carboxylic acids is 1. The quantitative estimate of drug-likeness (QED) is 0.690. The number of hydrogen-bond donors (Lipinski definition) is 1. The molecule has 1 unspecified atom stereocenters. The van der Waals surface area contributed by atoms with Crippen LogP contribution in [-0.2, 0) is 10.2 Å². The lowest BCUT2D eigenvalue weighted by Gasteiger charge is -2.21. The van der Waals surface area contributed by atoms with Gasteiger partial charge in [0.05, 0.1) is 12.8 Å². The molecule has 1 atom stereocenters. The van der Waals surface area contributed by atoms with Crippen LogP contribution in [-0.4, -0.2) is 28.5 Å². The molecule has 0 amide bonds. The number of carboxylic acids is 1. The van der Waals surface area contributed by atoms with Gasteiger partial charge in [-0.05, 0) is 42.5 Å². The zero-order valence-electron chi connectivity index (χ0n) is 11.3. The lowest BCUT2D eigenvalue weighted by atomic mass is 9.78. The van der Waals surface area contributed by atoms with Gasteiger partial charge in [-0.15, -0.1) is 0 Å². The van der Waals surface area contributed by atoms with Gasteiger partial charge in [0.15, 0.2) is 11.2 Å². The molecule has 0 spiro atoms. The highest BCUT2D eigenvalue weighted by molar-refractivity contribution is 6.19. The topological polar surface area (TPSA) is 68.5 Å². The number of ketones is 1. The summed E-state index contributed by atoms with van der Waals surface area (Å²) in [6.07, 6.45) is 4.75. The van der Waals surface area contributed by atoms with E-state index in [0.717, 1.165) is 0 Å². The minimum atomic E-state index is -1.67. The van der Waals surface area contributed by atoms with Gasteiger partial charge in [-0.3, -0.25) is 9.59 Å². The molecule has 0 radical (unpaired) electrons. The van der Waals surface area contributed by atoms with Crippen LogP contribution in [0.4, 0.5) is 0 Å². The van der Waals surface area contributed by atoms with Crippen molar-refractivity contribution in [3.05, 3.63) is 59.9 Å². The predicted octanol–water partition coefficient (Wildman–Crippen LogP) is 2.19. The van der Waals surface area contributed by atoms with E-state index in [1.165, 1.54) is 13.2 Å². The Balaban J connectivity index is 2.09. The van der Waals surface area contributed by atoms with Crippen molar-refractivity contribution in [3.8, 4) is 5.75 Å². The van der Waals surface area contributed by atoms with Gasteiger partial charge in [-0.2, -0.15) is 0 Å². The van der Waals surface area contributed by atoms with Crippen molar-refractivity contribution >= 4 is 18.0 Å². The van der Waals surface area contributed by atoms with Gasteiger partial charge in [-0.25, -0.2) is 0 Å².